The molecule has 0 spiro atoms. The lowest BCUT2D eigenvalue weighted by molar-refractivity contribution is -0.205. The summed E-state index contributed by atoms with van der Waals surface area (Å²) in [6, 6.07) is 0. The predicted molar refractivity (Wildman–Crippen MR) is 131 cm³/mol. The molecule has 0 aromatic carbocycles. The van der Waals surface area contributed by atoms with Gasteiger partial charge in [-0.25, -0.2) is 0 Å². The van der Waals surface area contributed by atoms with Gasteiger partial charge in [-0.3, -0.25) is 0 Å². The SMILES string of the molecule is CC[C@H](C)/C(=C\CC[C@H](C)CC[C@@]1(CC=O)CCC[C@@H]1C1(C)OCCO1)CC1(C)OCCO1. The highest BCUT2D eigenvalue weighted by atomic mass is 16.7. The number of hydrogen-bond donors (Lipinski definition) is 0. The van der Waals surface area contributed by atoms with E-state index in [9.17, 15) is 4.79 Å². The number of rotatable bonds is 13. The molecule has 2 aliphatic heterocycles. The van der Waals surface area contributed by atoms with Crippen molar-refractivity contribution >= 4 is 6.29 Å². The molecule has 190 valence electrons. The summed E-state index contributed by atoms with van der Waals surface area (Å²) in [4.78, 5) is 11.7. The largest absolute Gasteiger partial charge is 0.348 e. The molecular formula is C28H48O5. The molecule has 0 amide bonds. The summed E-state index contributed by atoms with van der Waals surface area (Å²) in [5.74, 6) is 0.509. The van der Waals surface area contributed by atoms with Gasteiger partial charge >= 0.3 is 0 Å². The minimum Gasteiger partial charge on any atom is -0.348 e. The van der Waals surface area contributed by atoms with E-state index < -0.39 is 11.6 Å². The van der Waals surface area contributed by atoms with Gasteiger partial charge in [0.2, 0.25) is 0 Å². The van der Waals surface area contributed by atoms with Gasteiger partial charge in [-0.15, -0.1) is 0 Å². The lowest BCUT2D eigenvalue weighted by Crippen LogP contribution is -2.44. The first-order chi connectivity index (χ1) is 15.8. The van der Waals surface area contributed by atoms with E-state index in [-0.39, 0.29) is 5.41 Å². The fraction of sp³-hybridized carbons (Fsp3) is 0.893. The first-order valence-corrected chi connectivity index (χ1v) is 13.4. The molecule has 33 heavy (non-hydrogen) atoms. The molecule has 3 fully saturated rings. The number of carbonyl (C=O) groups excluding carboxylic acids is 1. The molecule has 2 saturated heterocycles. The van der Waals surface area contributed by atoms with E-state index in [2.05, 4.69) is 40.7 Å². The molecule has 4 atom stereocenters. The van der Waals surface area contributed by atoms with Crippen LogP contribution in [-0.2, 0) is 23.7 Å². The Morgan fingerprint density at radius 3 is 2.33 bits per heavy atom. The van der Waals surface area contributed by atoms with E-state index in [4.69, 9.17) is 18.9 Å². The van der Waals surface area contributed by atoms with E-state index in [0.717, 1.165) is 51.2 Å². The number of ether oxygens (including phenoxy) is 4. The molecular weight excluding hydrogens is 416 g/mol. The van der Waals surface area contributed by atoms with Gasteiger partial charge in [0.05, 0.1) is 26.4 Å². The molecule has 1 aliphatic carbocycles. The Balaban J connectivity index is 1.56. The van der Waals surface area contributed by atoms with Crippen molar-refractivity contribution in [3.8, 4) is 0 Å². The molecule has 0 aromatic heterocycles. The quantitative estimate of drug-likeness (QED) is 0.232. The van der Waals surface area contributed by atoms with Crippen molar-refractivity contribution in [2.75, 3.05) is 26.4 Å². The molecule has 0 N–H and O–H groups in total. The Hall–Kier alpha value is -0.750. The van der Waals surface area contributed by atoms with Crippen molar-refractivity contribution in [2.24, 2.45) is 23.2 Å². The van der Waals surface area contributed by atoms with Crippen molar-refractivity contribution in [2.45, 2.75) is 110 Å². The maximum atomic E-state index is 11.7. The van der Waals surface area contributed by atoms with Crippen LogP contribution in [0.15, 0.2) is 11.6 Å². The monoisotopic (exact) mass is 464 g/mol. The third-order valence-electron chi connectivity index (χ3n) is 8.76. The fourth-order valence-corrected chi connectivity index (χ4v) is 6.47. The zero-order valence-electron chi connectivity index (χ0n) is 21.8. The Kier molecular flexibility index (Phi) is 9.59. The second-order valence-corrected chi connectivity index (χ2v) is 11.2. The highest BCUT2D eigenvalue weighted by Crippen LogP contribution is 2.55. The first kappa shape index (κ1) is 26.8. The highest BCUT2D eigenvalue weighted by molar-refractivity contribution is 5.51. The summed E-state index contributed by atoms with van der Waals surface area (Å²) < 4.78 is 23.8. The number of aldehydes is 1. The Morgan fingerprint density at radius 2 is 1.70 bits per heavy atom. The van der Waals surface area contributed by atoms with E-state index in [1.54, 1.807) is 0 Å². The van der Waals surface area contributed by atoms with Crippen molar-refractivity contribution < 1.29 is 23.7 Å². The summed E-state index contributed by atoms with van der Waals surface area (Å²) in [6.07, 6.45) is 14.1. The molecule has 0 bridgehead atoms. The van der Waals surface area contributed by atoms with Crippen LogP contribution in [0.1, 0.15) is 98.8 Å². The maximum absolute atomic E-state index is 11.7. The molecule has 3 aliphatic rings. The minimum atomic E-state index is -0.517. The van der Waals surface area contributed by atoms with Crippen LogP contribution < -0.4 is 0 Å². The zero-order valence-corrected chi connectivity index (χ0v) is 21.8. The van der Waals surface area contributed by atoms with Crippen LogP contribution >= 0.6 is 0 Å². The lowest BCUT2D eigenvalue weighted by atomic mass is 9.68. The second-order valence-electron chi connectivity index (χ2n) is 11.2. The van der Waals surface area contributed by atoms with E-state index >= 15 is 0 Å². The molecule has 2 heterocycles. The average Bonchev–Trinajstić information content (AvgIpc) is 3.52. The lowest BCUT2D eigenvalue weighted by Gasteiger charge is -2.42. The average molecular weight is 465 g/mol. The summed E-state index contributed by atoms with van der Waals surface area (Å²) in [6.45, 7) is 13.8. The van der Waals surface area contributed by atoms with Crippen LogP contribution in [0.5, 0.6) is 0 Å². The van der Waals surface area contributed by atoms with Crippen LogP contribution in [0, 0.1) is 23.2 Å². The first-order valence-electron chi connectivity index (χ1n) is 13.4. The van der Waals surface area contributed by atoms with Crippen molar-refractivity contribution in [3.05, 3.63) is 11.6 Å². The van der Waals surface area contributed by atoms with Crippen molar-refractivity contribution in [1.29, 1.82) is 0 Å². The third-order valence-corrected chi connectivity index (χ3v) is 8.76. The molecule has 0 unspecified atom stereocenters. The summed E-state index contributed by atoms with van der Waals surface area (Å²) >= 11 is 0. The maximum Gasteiger partial charge on any atom is 0.169 e. The van der Waals surface area contributed by atoms with Gasteiger partial charge in [-0.05, 0) is 69.6 Å². The van der Waals surface area contributed by atoms with Crippen molar-refractivity contribution in [3.63, 3.8) is 0 Å². The molecule has 0 radical (unpaired) electrons. The number of hydrogen-bond acceptors (Lipinski definition) is 5. The van der Waals surface area contributed by atoms with Gasteiger partial charge in [0.1, 0.15) is 6.29 Å². The van der Waals surface area contributed by atoms with E-state index in [0.29, 0.717) is 50.6 Å². The second kappa shape index (κ2) is 11.8. The minimum absolute atomic E-state index is 0.0264. The fourth-order valence-electron chi connectivity index (χ4n) is 6.47. The van der Waals surface area contributed by atoms with Crippen LogP contribution in [-0.4, -0.2) is 44.3 Å². The van der Waals surface area contributed by atoms with Crippen molar-refractivity contribution in [1.82, 2.24) is 0 Å². The zero-order chi connectivity index (χ0) is 24.0. The van der Waals surface area contributed by atoms with Gasteiger partial charge in [-0.2, -0.15) is 0 Å². The Labute approximate surface area is 202 Å². The van der Waals surface area contributed by atoms with E-state index in [1.165, 1.54) is 18.4 Å². The summed E-state index contributed by atoms with van der Waals surface area (Å²) in [7, 11) is 0. The highest BCUT2D eigenvalue weighted by Gasteiger charge is 2.53. The number of allylic oxidation sites excluding steroid dienone is 1. The van der Waals surface area contributed by atoms with Crippen LogP contribution in [0.25, 0.3) is 0 Å². The van der Waals surface area contributed by atoms with Crippen LogP contribution in [0.4, 0.5) is 0 Å². The smallest absolute Gasteiger partial charge is 0.169 e. The third kappa shape index (κ3) is 6.68. The predicted octanol–water partition coefficient (Wildman–Crippen LogP) is 6.45. The Bertz CT molecular complexity index is 647. The summed E-state index contributed by atoms with van der Waals surface area (Å²) in [5.41, 5.74) is 1.49. The normalized spacial score (nSPS) is 31.1. The van der Waals surface area contributed by atoms with Gasteiger partial charge in [0.25, 0.3) is 0 Å². The Morgan fingerprint density at radius 1 is 1.03 bits per heavy atom. The molecule has 5 heteroatoms. The number of carbonyl (C=O) groups is 1. The topological polar surface area (TPSA) is 54.0 Å². The summed E-state index contributed by atoms with van der Waals surface area (Å²) in [5, 5.41) is 0. The van der Waals surface area contributed by atoms with E-state index in [1.807, 2.05) is 0 Å². The van der Waals surface area contributed by atoms with Crippen LogP contribution in [0.2, 0.25) is 0 Å². The van der Waals surface area contributed by atoms with Crippen LogP contribution in [0.3, 0.4) is 0 Å². The molecule has 1 saturated carbocycles. The van der Waals surface area contributed by atoms with Gasteiger partial charge < -0.3 is 23.7 Å². The van der Waals surface area contributed by atoms with Gasteiger partial charge in [-0.1, -0.05) is 45.3 Å². The van der Waals surface area contributed by atoms with Gasteiger partial charge in [0, 0.05) is 18.8 Å². The molecule has 5 nitrogen and oxygen atoms in total. The van der Waals surface area contributed by atoms with Gasteiger partial charge in [0.15, 0.2) is 11.6 Å². The molecule has 0 aromatic rings. The standard InChI is InChI=1S/C28H48O5/c1-6-23(3)24(21-26(4)30-17-18-31-26)10-7-9-22(2)12-14-28(15-16-29)13-8-11-25(28)27(5)32-19-20-33-27/h10,16,22-23,25H,6-9,11-15,17-21H2,1-5H3/b24-10-/t22-,23-,25+,28+/m0/s1. The molecule has 3 rings (SSSR count).